The van der Waals surface area contributed by atoms with Crippen molar-refractivity contribution in [2.45, 2.75) is 38.6 Å². The van der Waals surface area contributed by atoms with Crippen LogP contribution < -0.4 is 5.32 Å². The van der Waals surface area contributed by atoms with Gasteiger partial charge in [-0.3, -0.25) is 9.69 Å². The van der Waals surface area contributed by atoms with Crippen molar-refractivity contribution < 1.29 is 13.2 Å². The molecule has 2 aromatic carbocycles. The Hall–Kier alpha value is -1.93. The van der Waals surface area contributed by atoms with Gasteiger partial charge in [0.05, 0.1) is 11.1 Å². The summed E-state index contributed by atoms with van der Waals surface area (Å²) in [5, 5.41) is 3.08. The second-order valence-electron chi connectivity index (χ2n) is 7.09. The van der Waals surface area contributed by atoms with Crippen LogP contribution in [-0.4, -0.2) is 56.3 Å². The van der Waals surface area contributed by atoms with Crippen LogP contribution >= 0.6 is 11.6 Å². The Labute approximate surface area is 191 Å². The molecule has 1 unspecified atom stereocenters. The minimum absolute atomic E-state index is 0.0197. The summed E-state index contributed by atoms with van der Waals surface area (Å²) >= 11 is 6.19. The molecular weight excluding hydrogens is 434 g/mol. The maximum atomic E-state index is 12.9. The number of nitrogens with one attached hydrogen (secondary N) is 1. The zero-order valence-corrected chi connectivity index (χ0v) is 20.2. The molecule has 0 heterocycles. The average Bonchev–Trinajstić information content (AvgIpc) is 2.77. The quantitative estimate of drug-likeness (QED) is 0.540. The largest absolute Gasteiger partial charge is 0.350 e. The number of likely N-dealkylation sites (N-methyl/N-ethyl adjacent to an activating group) is 1. The van der Waals surface area contributed by atoms with Gasteiger partial charge in [-0.15, -0.1) is 0 Å². The lowest BCUT2D eigenvalue weighted by Gasteiger charge is -2.30. The average molecular weight is 466 g/mol. The van der Waals surface area contributed by atoms with E-state index >= 15 is 0 Å². The smallest absolute Gasteiger partial charge is 0.251 e. The number of carbonyl (C=O) groups excluding carboxylic acids is 1. The van der Waals surface area contributed by atoms with Crippen LogP contribution in [0.15, 0.2) is 53.4 Å². The number of carbonyl (C=O) groups is 1. The molecule has 0 aliphatic heterocycles. The lowest BCUT2D eigenvalue weighted by Crippen LogP contribution is -2.38. The van der Waals surface area contributed by atoms with E-state index in [2.05, 4.69) is 24.1 Å². The van der Waals surface area contributed by atoms with Gasteiger partial charge in [0.15, 0.2) is 0 Å². The van der Waals surface area contributed by atoms with Gasteiger partial charge in [0.1, 0.15) is 4.90 Å². The summed E-state index contributed by atoms with van der Waals surface area (Å²) in [6.45, 7) is 10.5. The van der Waals surface area contributed by atoms with Crippen LogP contribution in [0.4, 0.5) is 0 Å². The zero-order chi connectivity index (χ0) is 23.0. The molecule has 1 N–H and O–H groups in total. The van der Waals surface area contributed by atoms with Gasteiger partial charge in [-0.05, 0) is 36.9 Å². The molecule has 170 valence electrons. The number of amides is 1. The van der Waals surface area contributed by atoms with Gasteiger partial charge in [-0.25, -0.2) is 8.42 Å². The highest BCUT2D eigenvalue weighted by Gasteiger charge is 2.26. The van der Waals surface area contributed by atoms with E-state index in [1.165, 1.54) is 16.4 Å². The zero-order valence-electron chi connectivity index (χ0n) is 18.6. The van der Waals surface area contributed by atoms with Crippen LogP contribution in [0.2, 0.25) is 5.02 Å². The molecule has 0 aliphatic carbocycles. The van der Waals surface area contributed by atoms with E-state index in [1.54, 1.807) is 19.9 Å². The van der Waals surface area contributed by atoms with Crippen LogP contribution in [0.5, 0.6) is 0 Å². The third kappa shape index (κ3) is 6.07. The van der Waals surface area contributed by atoms with Crippen molar-refractivity contribution in [2.75, 3.05) is 32.7 Å². The second-order valence-corrected chi connectivity index (χ2v) is 9.41. The van der Waals surface area contributed by atoms with E-state index in [9.17, 15) is 13.2 Å². The summed E-state index contributed by atoms with van der Waals surface area (Å²) in [7, 11) is -3.77. The molecule has 0 radical (unpaired) electrons. The maximum absolute atomic E-state index is 12.9. The minimum Gasteiger partial charge on any atom is -0.350 e. The summed E-state index contributed by atoms with van der Waals surface area (Å²) in [4.78, 5) is 15.1. The highest BCUT2D eigenvalue weighted by molar-refractivity contribution is 7.89. The molecule has 0 saturated heterocycles. The Bertz CT molecular complexity index is 959. The molecular formula is C23H32ClN3O3S. The van der Waals surface area contributed by atoms with Crippen molar-refractivity contribution in [2.24, 2.45) is 0 Å². The number of halogens is 1. The fraction of sp³-hybridized carbons (Fsp3) is 0.435. The first-order chi connectivity index (χ1) is 14.8. The first-order valence-corrected chi connectivity index (χ1v) is 12.5. The molecule has 0 saturated carbocycles. The summed E-state index contributed by atoms with van der Waals surface area (Å²) in [6.07, 6.45) is 0. The molecule has 0 spiro atoms. The van der Waals surface area contributed by atoms with Crippen LogP contribution in [0, 0.1) is 0 Å². The van der Waals surface area contributed by atoms with Gasteiger partial charge >= 0.3 is 0 Å². The molecule has 1 atom stereocenters. The van der Waals surface area contributed by atoms with Crippen LogP contribution in [-0.2, 0) is 10.0 Å². The molecule has 2 aromatic rings. The van der Waals surface area contributed by atoms with Crippen molar-refractivity contribution in [3.63, 3.8) is 0 Å². The standard InChI is InChI=1S/C23H32ClN3O3S/c1-5-26(6-2)21(18-12-10-9-11-13-18)17-25-23(28)19-14-15-20(24)22(16-19)31(29,30)27(7-3)8-4/h9-16,21H,5-8,17H2,1-4H3,(H,25,28). The molecule has 0 aromatic heterocycles. The normalized spacial score (nSPS) is 12.9. The predicted octanol–water partition coefficient (Wildman–Crippen LogP) is 4.18. The monoisotopic (exact) mass is 465 g/mol. The fourth-order valence-electron chi connectivity index (χ4n) is 3.63. The second kappa shape index (κ2) is 11.6. The van der Waals surface area contributed by atoms with E-state index in [4.69, 9.17) is 11.6 Å². The third-order valence-electron chi connectivity index (χ3n) is 5.41. The first kappa shape index (κ1) is 25.3. The molecule has 6 nitrogen and oxygen atoms in total. The molecule has 2 rings (SSSR count). The van der Waals surface area contributed by atoms with Crippen molar-refractivity contribution >= 4 is 27.5 Å². The molecule has 8 heteroatoms. The van der Waals surface area contributed by atoms with Gasteiger partial charge in [0, 0.05) is 25.2 Å². The van der Waals surface area contributed by atoms with Gasteiger partial charge < -0.3 is 5.32 Å². The Morgan fingerprint density at radius 3 is 2.13 bits per heavy atom. The van der Waals surface area contributed by atoms with Crippen LogP contribution in [0.25, 0.3) is 0 Å². The van der Waals surface area contributed by atoms with E-state index < -0.39 is 10.0 Å². The van der Waals surface area contributed by atoms with Gasteiger partial charge in [0.2, 0.25) is 10.0 Å². The highest BCUT2D eigenvalue weighted by atomic mass is 35.5. The van der Waals surface area contributed by atoms with Crippen molar-refractivity contribution in [1.82, 2.24) is 14.5 Å². The van der Waals surface area contributed by atoms with Crippen LogP contribution in [0.3, 0.4) is 0 Å². The Kier molecular flexibility index (Phi) is 9.50. The lowest BCUT2D eigenvalue weighted by molar-refractivity contribution is 0.0934. The van der Waals surface area contributed by atoms with E-state index in [0.717, 1.165) is 18.7 Å². The number of benzene rings is 2. The minimum atomic E-state index is -3.77. The Balaban J connectivity index is 2.27. The van der Waals surface area contributed by atoms with E-state index in [-0.39, 0.29) is 27.4 Å². The van der Waals surface area contributed by atoms with Crippen LogP contribution in [0.1, 0.15) is 49.7 Å². The summed E-state index contributed by atoms with van der Waals surface area (Å²) in [6, 6.07) is 14.4. The SMILES string of the molecule is CCN(CC)C(CNC(=O)c1ccc(Cl)c(S(=O)(=O)N(CC)CC)c1)c1ccccc1. The fourth-order valence-corrected chi connectivity index (χ4v) is 5.59. The van der Waals surface area contributed by atoms with Gasteiger partial charge in [-0.1, -0.05) is 69.6 Å². The lowest BCUT2D eigenvalue weighted by atomic mass is 10.0. The molecule has 0 fully saturated rings. The molecule has 0 bridgehead atoms. The van der Waals surface area contributed by atoms with E-state index in [1.807, 2.05) is 30.3 Å². The molecule has 31 heavy (non-hydrogen) atoms. The summed E-state index contributed by atoms with van der Waals surface area (Å²) in [5.74, 6) is -0.333. The predicted molar refractivity (Wildman–Crippen MR) is 126 cm³/mol. The molecule has 0 aliphatic rings. The Morgan fingerprint density at radius 2 is 1.58 bits per heavy atom. The van der Waals surface area contributed by atoms with Gasteiger partial charge in [-0.2, -0.15) is 4.31 Å². The summed E-state index contributed by atoms with van der Waals surface area (Å²) < 4.78 is 27.1. The van der Waals surface area contributed by atoms with E-state index in [0.29, 0.717) is 19.6 Å². The van der Waals surface area contributed by atoms with Crippen molar-refractivity contribution in [3.8, 4) is 0 Å². The maximum Gasteiger partial charge on any atom is 0.251 e. The van der Waals surface area contributed by atoms with Crippen molar-refractivity contribution in [3.05, 3.63) is 64.7 Å². The third-order valence-corrected chi connectivity index (χ3v) is 7.94. The van der Waals surface area contributed by atoms with Gasteiger partial charge in [0.25, 0.3) is 5.91 Å². The van der Waals surface area contributed by atoms with Crippen molar-refractivity contribution in [1.29, 1.82) is 0 Å². The number of hydrogen-bond acceptors (Lipinski definition) is 4. The first-order valence-electron chi connectivity index (χ1n) is 10.7. The highest BCUT2D eigenvalue weighted by Crippen LogP contribution is 2.26. The Morgan fingerprint density at radius 1 is 0.968 bits per heavy atom. The summed E-state index contributed by atoms with van der Waals surface area (Å²) in [5.41, 5.74) is 1.38. The topological polar surface area (TPSA) is 69.7 Å². The number of nitrogens with zero attached hydrogens (tertiary/aromatic N) is 2. The number of hydrogen-bond donors (Lipinski definition) is 1. The molecule has 1 amide bonds. The number of rotatable bonds is 11. The number of sulfonamides is 1.